The van der Waals surface area contributed by atoms with Gasteiger partial charge in [-0.05, 0) is 31.0 Å². The summed E-state index contributed by atoms with van der Waals surface area (Å²) in [6.45, 7) is 3.91. The van der Waals surface area contributed by atoms with Crippen molar-refractivity contribution in [3.63, 3.8) is 0 Å². The van der Waals surface area contributed by atoms with E-state index in [1.165, 1.54) is 6.20 Å². The van der Waals surface area contributed by atoms with Gasteiger partial charge < -0.3 is 5.32 Å². The summed E-state index contributed by atoms with van der Waals surface area (Å²) in [4.78, 5) is 16.0. The van der Waals surface area contributed by atoms with Crippen LogP contribution in [0.5, 0.6) is 0 Å². The van der Waals surface area contributed by atoms with Gasteiger partial charge in [-0.1, -0.05) is 29.8 Å². The minimum Gasteiger partial charge on any atom is -0.321 e. The number of aromatic nitrogens is 1. The third-order valence-corrected chi connectivity index (χ3v) is 3.04. The molecule has 1 N–H and O–H groups in total. The Morgan fingerprint density at radius 2 is 1.89 bits per heavy atom. The lowest BCUT2D eigenvalue weighted by Crippen LogP contribution is -2.14. The molecule has 3 nitrogen and oxygen atoms in total. The smallest absolute Gasteiger partial charge is 0.257 e. The number of nitrogens with zero attached hydrogens (tertiary/aromatic N) is 1. The first-order valence-corrected chi connectivity index (χ1v) is 5.94. The minimum absolute atomic E-state index is 0.222. The van der Waals surface area contributed by atoms with Gasteiger partial charge in [-0.3, -0.25) is 9.78 Å². The van der Waals surface area contributed by atoms with Gasteiger partial charge in [0.2, 0.25) is 0 Å². The predicted octanol–water partition coefficient (Wildman–Crippen LogP) is 3.60. The first-order valence-electron chi connectivity index (χ1n) is 5.56. The van der Waals surface area contributed by atoms with E-state index in [-0.39, 0.29) is 5.91 Å². The lowest BCUT2D eigenvalue weighted by atomic mass is 10.1. The van der Waals surface area contributed by atoms with Crippen LogP contribution >= 0.6 is 11.6 Å². The van der Waals surface area contributed by atoms with Gasteiger partial charge in [0.15, 0.2) is 0 Å². The van der Waals surface area contributed by atoms with Crippen LogP contribution in [0.3, 0.4) is 0 Å². The summed E-state index contributed by atoms with van der Waals surface area (Å²) in [5.41, 5.74) is 3.30. The first-order chi connectivity index (χ1) is 8.59. The Labute approximate surface area is 111 Å². The number of nitrogens with one attached hydrogen (secondary N) is 1. The molecule has 0 spiro atoms. The number of aryl methyl sites for hydroxylation is 2. The second-order valence-corrected chi connectivity index (χ2v) is 4.48. The van der Waals surface area contributed by atoms with Gasteiger partial charge in [0.1, 0.15) is 0 Å². The molecule has 0 unspecified atom stereocenters. The maximum absolute atomic E-state index is 12.1. The zero-order valence-electron chi connectivity index (χ0n) is 10.2. The van der Waals surface area contributed by atoms with Crippen molar-refractivity contribution >= 4 is 23.2 Å². The van der Waals surface area contributed by atoms with Crippen molar-refractivity contribution < 1.29 is 4.79 Å². The Kier molecular flexibility index (Phi) is 3.63. The Morgan fingerprint density at radius 1 is 1.22 bits per heavy atom. The van der Waals surface area contributed by atoms with Gasteiger partial charge in [-0.25, -0.2) is 0 Å². The molecule has 2 rings (SSSR count). The fraction of sp³-hybridized carbons (Fsp3) is 0.143. The largest absolute Gasteiger partial charge is 0.321 e. The van der Waals surface area contributed by atoms with Crippen LogP contribution in [0.15, 0.2) is 36.7 Å². The summed E-state index contributed by atoms with van der Waals surface area (Å²) >= 11 is 5.94. The highest BCUT2D eigenvalue weighted by Crippen LogP contribution is 2.21. The van der Waals surface area contributed by atoms with Crippen LogP contribution in [-0.2, 0) is 0 Å². The van der Waals surface area contributed by atoms with Crippen LogP contribution in [0.4, 0.5) is 5.69 Å². The van der Waals surface area contributed by atoms with Crippen LogP contribution in [0.2, 0.25) is 5.02 Å². The summed E-state index contributed by atoms with van der Waals surface area (Å²) in [7, 11) is 0. The summed E-state index contributed by atoms with van der Waals surface area (Å²) in [6, 6.07) is 7.47. The Balaban J connectivity index is 2.30. The van der Waals surface area contributed by atoms with E-state index in [1.807, 2.05) is 32.0 Å². The molecule has 0 saturated carbocycles. The normalized spacial score (nSPS) is 10.2. The quantitative estimate of drug-likeness (QED) is 0.896. The summed E-state index contributed by atoms with van der Waals surface area (Å²) in [5, 5.41) is 3.23. The zero-order valence-corrected chi connectivity index (χ0v) is 11.0. The summed E-state index contributed by atoms with van der Waals surface area (Å²) < 4.78 is 0. The van der Waals surface area contributed by atoms with E-state index >= 15 is 0 Å². The van der Waals surface area contributed by atoms with Crippen molar-refractivity contribution in [3.05, 3.63) is 58.4 Å². The summed E-state index contributed by atoms with van der Waals surface area (Å²) in [5.74, 6) is -0.222. The molecule has 1 aromatic heterocycles. The van der Waals surface area contributed by atoms with Gasteiger partial charge in [-0.2, -0.15) is 0 Å². The van der Waals surface area contributed by atoms with Crippen LogP contribution in [0, 0.1) is 13.8 Å². The molecule has 0 saturated heterocycles. The molecule has 0 bridgehead atoms. The molecular weight excluding hydrogens is 248 g/mol. The van der Waals surface area contributed by atoms with Crippen LogP contribution in [-0.4, -0.2) is 10.9 Å². The molecule has 2 aromatic rings. The molecule has 0 aliphatic rings. The topological polar surface area (TPSA) is 42.0 Å². The fourth-order valence-corrected chi connectivity index (χ4v) is 1.96. The van der Waals surface area contributed by atoms with Crippen molar-refractivity contribution in [2.24, 2.45) is 0 Å². The Bertz CT molecular complexity index is 576. The number of para-hydroxylation sites is 1. The average molecular weight is 261 g/mol. The van der Waals surface area contributed by atoms with Gasteiger partial charge in [0.05, 0.1) is 10.6 Å². The van der Waals surface area contributed by atoms with E-state index in [2.05, 4.69) is 10.3 Å². The number of hydrogen-bond donors (Lipinski definition) is 1. The van der Waals surface area contributed by atoms with Crippen molar-refractivity contribution in [2.75, 3.05) is 5.32 Å². The number of benzene rings is 1. The van der Waals surface area contributed by atoms with E-state index in [0.29, 0.717) is 10.6 Å². The average Bonchev–Trinajstić information content (AvgIpc) is 2.34. The number of halogens is 1. The molecule has 4 heteroatoms. The van der Waals surface area contributed by atoms with Crippen molar-refractivity contribution in [2.45, 2.75) is 13.8 Å². The molecule has 0 fully saturated rings. The third kappa shape index (κ3) is 2.51. The van der Waals surface area contributed by atoms with Gasteiger partial charge >= 0.3 is 0 Å². The van der Waals surface area contributed by atoms with E-state index in [1.54, 1.807) is 12.3 Å². The van der Waals surface area contributed by atoms with E-state index in [0.717, 1.165) is 16.8 Å². The first kappa shape index (κ1) is 12.6. The highest BCUT2D eigenvalue weighted by atomic mass is 35.5. The molecule has 0 radical (unpaired) electrons. The minimum atomic E-state index is -0.222. The number of hydrogen-bond acceptors (Lipinski definition) is 2. The lowest BCUT2D eigenvalue weighted by Gasteiger charge is -2.11. The molecule has 1 heterocycles. The molecule has 0 aliphatic carbocycles. The number of pyridine rings is 1. The third-order valence-electron chi connectivity index (χ3n) is 2.74. The highest BCUT2D eigenvalue weighted by molar-refractivity contribution is 6.34. The molecule has 18 heavy (non-hydrogen) atoms. The predicted molar refractivity (Wildman–Crippen MR) is 73.1 cm³/mol. The van der Waals surface area contributed by atoms with Crippen molar-refractivity contribution in [1.82, 2.24) is 4.98 Å². The number of carbonyl (C=O) groups excluding carboxylic acids is 1. The monoisotopic (exact) mass is 260 g/mol. The van der Waals surface area contributed by atoms with Gasteiger partial charge in [0.25, 0.3) is 5.91 Å². The summed E-state index contributed by atoms with van der Waals surface area (Å²) in [6.07, 6.45) is 3.01. The molecule has 1 aromatic carbocycles. The molecule has 1 amide bonds. The van der Waals surface area contributed by atoms with Crippen LogP contribution < -0.4 is 5.32 Å². The Morgan fingerprint density at radius 3 is 2.50 bits per heavy atom. The lowest BCUT2D eigenvalue weighted by molar-refractivity contribution is 0.102. The number of amides is 1. The van der Waals surface area contributed by atoms with Crippen LogP contribution in [0.1, 0.15) is 21.5 Å². The SMILES string of the molecule is Cc1cccc(C)c1NC(=O)c1ccncc1Cl. The van der Waals surface area contributed by atoms with E-state index in [9.17, 15) is 4.79 Å². The molecule has 0 aliphatic heterocycles. The standard InChI is InChI=1S/C14H13ClN2O/c1-9-4-3-5-10(2)13(9)17-14(18)11-6-7-16-8-12(11)15/h3-8H,1-2H3,(H,17,18). The molecule has 92 valence electrons. The van der Waals surface area contributed by atoms with Gasteiger partial charge in [0, 0.05) is 18.1 Å². The van der Waals surface area contributed by atoms with Crippen LogP contribution in [0.25, 0.3) is 0 Å². The van der Waals surface area contributed by atoms with Gasteiger partial charge in [-0.15, -0.1) is 0 Å². The highest BCUT2D eigenvalue weighted by Gasteiger charge is 2.12. The molecular formula is C14H13ClN2O. The zero-order chi connectivity index (χ0) is 13.1. The second-order valence-electron chi connectivity index (χ2n) is 4.08. The van der Waals surface area contributed by atoms with Crippen molar-refractivity contribution in [3.8, 4) is 0 Å². The Hall–Kier alpha value is -1.87. The number of rotatable bonds is 2. The maximum atomic E-state index is 12.1. The van der Waals surface area contributed by atoms with Crippen molar-refractivity contribution in [1.29, 1.82) is 0 Å². The van der Waals surface area contributed by atoms with E-state index in [4.69, 9.17) is 11.6 Å². The number of anilines is 1. The molecule has 0 atom stereocenters. The number of carbonyl (C=O) groups is 1. The second kappa shape index (κ2) is 5.19. The fourth-order valence-electron chi connectivity index (χ4n) is 1.75. The maximum Gasteiger partial charge on any atom is 0.257 e. The van der Waals surface area contributed by atoms with E-state index < -0.39 is 0 Å².